The van der Waals surface area contributed by atoms with Gasteiger partial charge >= 0.3 is 0 Å². The number of hydroxylamine groups is 1. The van der Waals surface area contributed by atoms with Gasteiger partial charge in [0.1, 0.15) is 0 Å². The summed E-state index contributed by atoms with van der Waals surface area (Å²) in [7, 11) is -3.32. The van der Waals surface area contributed by atoms with E-state index < -0.39 is 10.0 Å². The molecule has 1 aromatic rings. The minimum Gasteiger partial charge on any atom is -0.398 e. The fraction of sp³-hybridized carbons (Fsp3) is 0.500. The van der Waals surface area contributed by atoms with Crippen LogP contribution in [-0.2, 0) is 14.9 Å². The Kier molecular flexibility index (Phi) is 5.09. The van der Waals surface area contributed by atoms with Crippen LogP contribution < -0.4 is 5.73 Å². The number of nitrogens with zero attached hydrogens (tertiary/aromatic N) is 1. The molecular weight excluding hydrogens is 284 g/mol. The summed E-state index contributed by atoms with van der Waals surface area (Å²) in [5.41, 5.74) is 6.49. The smallest absolute Gasteiger partial charge is 0.236 e. The predicted molar refractivity (Wildman–Crippen MR) is 77.3 cm³/mol. The molecule has 106 valence electrons. The van der Waals surface area contributed by atoms with E-state index in [2.05, 4.69) is 0 Å². The maximum Gasteiger partial charge on any atom is 0.236 e. The predicted octanol–water partition coefficient (Wildman–Crippen LogP) is 1.72. The van der Waals surface area contributed by atoms with Crippen molar-refractivity contribution in [2.45, 2.75) is 17.7 Å². The van der Waals surface area contributed by atoms with E-state index in [-0.39, 0.29) is 5.75 Å². The molecule has 1 aliphatic rings. The molecule has 7 heteroatoms. The Labute approximate surface area is 118 Å². The molecule has 5 nitrogen and oxygen atoms in total. The molecule has 0 amide bonds. The molecule has 1 aliphatic heterocycles. The fourth-order valence-electron chi connectivity index (χ4n) is 1.76. The zero-order valence-corrected chi connectivity index (χ0v) is 12.3. The third-order valence-corrected chi connectivity index (χ3v) is 5.78. The van der Waals surface area contributed by atoms with Gasteiger partial charge in [-0.25, -0.2) is 8.42 Å². The molecule has 19 heavy (non-hydrogen) atoms. The summed E-state index contributed by atoms with van der Waals surface area (Å²) in [6.07, 6.45) is 1.78. The molecule has 1 saturated heterocycles. The first-order valence-corrected chi connectivity index (χ1v) is 8.80. The standard InChI is InChI=1S/C12H18N2O3S2/c13-11-5-1-2-6-12(11)18-9-10-19(15,16)14-7-3-4-8-17-14/h1-2,5-6H,3-4,7-10,13H2. The molecule has 0 radical (unpaired) electrons. The number of hydrogen-bond acceptors (Lipinski definition) is 5. The first-order chi connectivity index (χ1) is 9.09. The number of nitrogens with two attached hydrogens (primary N) is 1. The van der Waals surface area contributed by atoms with Crippen LogP contribution in [0.15, 0.2) is 29.2 Å². The van der Waals surface area contributed by atoms with E-state index in [1.165, 1.54) is 11.8 Å². The highest BCUT2D eigenvalue weighted by Crippen LogP contribution is 2.25. The maximum absolute atomic E-state index is 12.0. The van der Waals surface area contributed by atoms with Gasteiger partial charge in [-0.3, -0.25) is 4.84 Å². The SMILES string of the molecule is Nc1ccccc1SCCS(=O)(=O)N1CCCCO1. The second-order valence-corrected chi connectivity index (χ2v) is 7.39. The Hall–Kier alpha value is -0.760. The maximum atomic E-state index is 12.0. The molecule has 0 unspecified atom stereocenters. The molecule has 2 N–H and O–H groups in total. The summed E-state index contributed by atoms with van der Waals surface area (Å²) in [6.45, 7) is 0.943. The monoisotopic (exact) mass is 302 g/mol. The van der Waals surface area contributed by atoms with Gasteiger partial charge in [-0.2, -0.15) is 0 Å². The topological polar surface area (TPSA) is 72.6 Å². The number of sulfonamides is 1. The number of para-hydroxylation sites is 1. The van der Waals surface area contributed by atoms with Crippen LogP contribution in [0.3, 0.4) is 0 Å². The Balaban J connectivity index is 1.86. The van der Waals surface area contributed by atoms with Crippen molar-refractivity contribution >= 4 is 27.5 Å². The lowest BCUT2D eigenvalue weighted by Gasteiger charge is -2.25. The normalized spacial score (nSPS) is 17.5. The Morgan fingerprint density at radius 3 is 2.79 bits per heavy atom. The lowest BCUT2D eigenvalue weighted by atomic mass is 10.3. The number of benzene rings is 1. The van der Waals surface area contributed by atoms with Crippen molar-refractivity contribution in [1.29, 1.82) is 0 Å². The fourth-order valence-corrected chi connectivity index (χ4v) is 4.42. The van der Waals surface area contributed by atoms with E-state index in [4.69, 9.17) is 10.6 Å². The molecule has 0 atom stereocenters. The van der Waals surface area contributed by atoms with Crippen LogP contribution in [0.4, 0.5) is 5.69 Å². The van der Waals surface area contributed by atoms with E-state index in [1.54, 1.807) is 0 Å². The summed E-state index contributed by atoms with van der Waals surface area (Å²) in [5.74, 6) is 0.530. The van der Waals surface area contributed by atoms with Gasteiger partial charge in [-0.05, 0) is 25.0 Å². The number of thioether (sulfide) groups is 1. The summed E-state index contributed by atoms with van der Waals surface area (Å²) in [6, 6.07) is 7.45. The van der Waals surface area contributed by atoms with Gasteiger partial charge in [0, 0.05) is 22.9 Å². The summed E-state index contributed by atoms with van der Waals surface area (Å²) < 4.78 is 25.2. The molecule has 1 aromatic carbocycles. The molecule has 0 saturated carbocycles. The van der Waals surface area contributed by atoms with Gasteiger partial charge < -0.3 is 5.73 Å². The summed E-state index contributed by atoms with van der Waals surface area (Å²) in [4.78, 5) is 6.09. The van der Waals surface area contributed by atoms with Crippen molar-refractivity contribution in [3.8, 4) is 0 Å². The van der Waals surface area contributed by atoms with Crippen LogP contribution in [0, 0.1) is 0 Å². The Morgan fingerprint density at radius 2 is 2.11 bits per heavy atom. The molecule has 0 aliphatic carbocycles. The second kappa shape index (κ2) is 6.60. The Bertz CT molecular complexity index is 513. The highest BCUT2D eigenvalue weighted by Gasteiger charge is 2.24. The average molecular weight is 302 g/mol. The Morgan fingerprint density at radius 1 is 1.32 bits per heavy atom. The molecule has 1 heterocycles. The lowest BCUT2D eigenvalue weighted by Crippen LogP contribution is -2.37. The third kappa shape index (κ3) is 4.10. The van der Waals surface area contributed by atoms with Crippen LogP contribution in [0.25, 0.3) is 0 Å². The van der Waals surface area contributed by atoms with Crippen LogP contribution in [-0.4, -0.2) is 37.5 Å². The number of nitrogen functional groups attached to an aromatic ring is 1. The number of hydrogen-bond donors (Lipinski definition) is 1. The van der Waals surface area contributed by atoms with E-state index in [1.807, 2.05) is 24.3 Å². The zero-order chi connectivity index (χ0) is 13.7. The van der Waals surface area contributed by atoms with Crippen LogP contribution >= 0.6 is 11.8 Å². The molecular formula is C12H18N2O3S2. The van der Waals surface area contributed by atoms with Gasteiger partial charge in [0.25, 0.3) is 0 Å². The average Bonchev–Trinajstić information content (AvgIpc) is 2.42. The van der Waals surface area contributed by atoms with Crippen molar-refractivity contribution in [3.05, 3.63) is 24.3 Å². The van der Waals surface area contributed by atoms with Gasteiger partial charge in [0.05, 0.1) is 12.4 Å². The van der Waals surface area contributed by atoms with Crippen molar-refractivity contribution < 1.29 is 13.3 Å². The van der Waals surface area contributed by atoms with E-state index in [9.17, 15) is 8.42 Å². The van der Waals surface area contributed by atoms with E-state index in [0.717, 1.165) is 22.2 Å². The second-order valence-electron chi connectivity index (χ2n) is 4.27. The first-order valence-electron chi connectivity index (χ1n) is 6.20. The van der Waals surface area contributed by atoms with Crippen LogP contribution in [0.2, 0.25) is 0 Å². The molecule has 1 fully saturated rings. The van der Waals surface area contributed by atoms with Crippen molar-refractivity contribution in [1.82, 2.24) is 4.47 Å². The number of anilines is 1. The van der Waals surface area contributed by atoms with E-state index >= 15 is 0 Å². The minimum atomic E-state index is -3.32. The summed E-state index contributed by atoms with van der Waals surface area (Å²) >= 11 is 1.45. The van der Waals surface area contributed by atoms with Crippen molar-refractivity contribution in [2.75, 3.05) is 30.4 Å². The third-order valence-electron chi connectivity index (χ3n) is 2.80. The van der Waals surface area contributed by atoms with Gasteiger partial charge in [0.15, 0.2) is 0 Å². The molecule has 0 spiro atoms. The van der Waals surface area contributed by atoms with Crippen molar-refractivity contribution in [3.63, 3.8) is 0 Å². The van der Waals surface area contributed by atoms with Crippen LogP contribution in [0.1, 0.15) is 12.8 Å². The largest absolute Gasteiger partial charge is 0.398 e. The van der Waals surface area contributed by atoms with Gasteiger partial charge in [-0.1, -0.05) is 16.6 Å². The molecule has 0 aromatic heterocycles. The highest BCUT2D eigenvalue weighted by atomic mass is 32.2. The van der Waals surface area contributed by atoms with Crippen LogP contribution in [0.5, 0.6) is 0 Å². The highest BCUT2D eigenvalue weighted by molar-refractivity contribution is 8.00. The number of rotatable bonds is 5. The van der Waals surface area contributed by atoms with Gasteiger partial charge in [-0.15, -0.1) is 11.8 Å². The molecule has 2 rings (SSSR count). The summed E-state index contributed by atoms with van der Waals surface area (Å²) in [5, 5.41) is 0. The quantitative estimate of drug-likeness (QED) is 0.662. The van der Waals surface area contributed by atoms with Gasteiger partial charge in [0.2, 0.25) is 10.0 Å². The lowest BCUT2D eigenvalue weighted by molar-refractivity contribution is -0.108. The zero-order valence-electron chi connectivity index (χ0n) is 10.6. The molecule has 0 bridgehead atoms. The van der Waals surface area contributed by atoms with Crippen molar-refractivity contribution in [2.24, 2.45) is 0 Å². The minimum absolute atomic E-state index is 0.0615. The first kappa shape index (κ1) is 14.6. The van der Waals surface area contributed by atoms with E-state index in [0.29, 0.717) is 24.6 Å².